The Morgan fingerprint density at radius 3 is 2.78 bits per heavy atom. The Balaban J connectivity index is 2.32. The Labute approximate surface area is 101 Å². The Morgan fingerprint density at radius 2 is 2.22 bits per heavy atom. The van der Waals surface area contributed by atoms with E-state index in [9.17, 15) is 19.1 Å². The largest absolute Gasteiger partial charge is 0.392 e. The molecule has 1 aromatic rings. The monoisotopic (exact) mass is 256 g/mol. The summed E-state index contributed by atoms with van der Waals surface area (Å²) in [4.78, 5) is 26.0. The second kappa shape index (κ2) is 4.37. The van der Waals surface area contributed by atoms with Crippen molar-refractivity contribution in [1.82, 2.24) is 9.55 Å². The number of hydrogen-bond donors (Lipinski definition) is 3. The van der Waals surface area contributed by atoms with Crippen LogP contribution >= 0.6 is 0 Å². The van der Waals surface area contributed by atoms with Crippen molar-refractivity contribution in [2.24, 2.45) is 11.7 Å². The first-order valence-corrected chi connectivity index (χ1v) is 5.41. The molecule has 0 aliphatic heterocycles. The Bertz CT molecular complexity index is 544. The first-order chi connectivity index (χ1) is 8.40. The van der Waals surface area contributed by atoms with E-state index in [2.05, 4.69) is 4.98 Å². The summed E-state index contributed by atoms with van der Waals surface area (Å²) in [6.45, 7) is 0. The SMILES string of the molecule is NC(=O)[C@@H]1C[C@@H](n2cc(F)c(N)nc2=O)C[C@H]1O. The van der Waals surface area contributed by atoms with Gasteiger partial charge < -0.3 is 16.6 Å². The van der Waals surface area contributed by atoms with Gasteiger partial charge in [0, 0.05) is 12.2 Å². The number of carbonyl (C=O) groups is 1. The molecule has 0 aromatic carbocycles. The quantitative estimate of drug-likeness (QED) is 0.610. The highest BCUT2D eigenvalue weighted by molar-refractivity contribution is 5.77. The van der Waals surface area contributed by atoms with Gasteiger partial charge in [-0.2, -0.15) is 4.98 Å². The van der Waals surface area contributed by atoms with Crippen LogP contribution < -0.4 is 17.2 Å². The van der Waals surface area contributed by atoms with Gasteiger partial charge in [-0.3, -0.25) is 9.36 Å². The molecule has 7 nitrogen and oxygen atoms in total. The minimum absolute atomic E-state index is 0.151. The number of aliphatic hydroxyl groups excluding tert-OH is 1. The fourth-order valence-corrected chi connectivity index (χ4v) is 2.24. The maximum absolute atomic E-state index is 13.3. The van der Waals surface area contributed by atoms with Crippen LogP contribution in [0.1, 0.15) is 18.9 Å². The number of nitrogens with two attached hydrogens (primary N) is 2. The predicted molar refractivity (Wildman–Crippen MR) is 59.8 cm³/mol. The second-order valence-electron chi connectivity index (χ2n) is 4.37. The van der Waals surface area contributed by atoms with Crippen LogP contribution in [0.2, 0.25) is 0 Å². The summed E-state index contributed by atoms with van der Waals surface area (Å²) in [5.41, 5.74) is 9.58. The fourth-order valence-electron chi connectivity index (χ4n) is 2.24. The summed E-state index contributed by atoms with van der Waals surface area (Å²) < 4.78 is 14.3. The number of aromatic nitrogens is 2. The fraction of sp³-hybridized carbons (Fsp3) is 0.500. The molecule has 0 radical (unpaired) electrons. The molecule has 3 atom stereocenters. The predicted octanol–water partition coefficient (Wildman–Crippen LogP) is -1.24. The zero-order chi connectivity index (χ0) is 13.4. The molecule has 1 aliphatic rings. The molecule has 98 valence electrons. The van der Waals surface area contributed by atoms with Crippen molar-refractivity contribution in [3.05, 3.63) is 22.5 Å². The lowest BCUT2D eigenvalue weighted by Gasteiger charge is -2.13. The van der Waals surface area contributed by atoms with Gasteiger partial charge in [-0.15, -0.1) is 0 Å². The second-order valence-corrected chi connectivity index (χ2v) is 4.37. The van der Waals surface area contributed by atoms with E-state index in [4.69, 9.17) is 11.5 Å². The van der Waals surface area contributed by atoms with Gasteiger partial charge in [-0.25, -0.2) is 9.18 Å². The summed E-state index contributed by atoms with van der Waals surface area (Å²) in [5, 5.41) is 9.65. The van der Waals surface area contributed by atoms with Crippen LogP contribution in [-0.4, -0.2) is 26.7 Å². The number of aliphatic hydroxyl groups is 1. The van der Waals surface area contributed by atoms with E-state index in [0.717, 1.165) is 10.8 Å². The third-order valence-corrected chi connectivity index (χ3v) is 3.20. The molecular formula is C10H13FN4O3. The van der Waals surface area contributed by atoms with E-state index < -0.39 is 41.3 Å². The van der Waals surface area contributed by atoms with Crippen LogP contribution in [0.5, 0.6) is 0 Å². The van der Waals surface area contributed by atoms with Crippen LogP contribution in [0, 0.1) is 11.7 Å². The van der Waals surface area contributed by atoms with Crippen molar-refractivity contribution in [1.29, 1.82) is 0 Å². The summed E-state index contributed by atoms with van der Waals surface area (Å²) >= 11 is 0. The number of nitrogen functional groups attached to an aromatic ring is 1. The van der Waals surface area contributed by atoms with E-state index in [1.807, 2.05) is 0 Å². The van der Waals surface area contributed by atoms with E-state index in [1.54, 1.807) is 0 Å². The van der Waals surface area contributed by atoms with Crippen LogP contribution in [-0.2, 0) is 4.79 Å². The maximum atomic E-state index is 13.3. The van der Waals surface area contributed by atoms with Crippen LogP contribution in [0.4, 0.5) is 10.2 Å². The molecule has 1 fully saturated rings. The van der Waals surface area contributed by atoms with E-state index in [1.165, 1.54) is 0 Å². The summed E-state index contributed by atoms with van der Waals surface area (Å²) in [6, 6.07) is -0.507. The molecule has 8 heteroatoms. The highest BCUT2D eigenvalue weighted by atomic mass is 19.1. The molecule has 1 aromatic heterocycles. The summed E-state index contributed by atoms with van der Waals surface area (Å²) in [6.07, 6.45) is 0.339. The number of halogens is 1. The zero-order valence-electron chi connectivity index (χ0n) is 9.41. The minimum atomic E-state index is -0.931. The number of amides is 1. The van der Waals surface area contributed by atoms with Crippen molar-refractivity contribution >= 4 is 11.7 Å². The number of nitrogens with zero attached hydrogens (tertiary/aromatic N) is 2. The summed E-state index contributed by atoms with van der Waals surface area (Å²) in [7, 11) is 0. The molecular weight excluding hydrogens is 243 g/mol. The van der Waals surface area contributed by atoms with Crippen LogP contribution in [0.15, 0.2) is 11.0 Å². The van der Waals surface area contributed by atoms with Crippen molar-refractivity contribution in [3.63, 3.8) is 0 Å². The number of primary amides is 1. The van der Waals surface area contributed by atoms with Gasteiger partial charge in [0.05, 0.1) is 12.0 Å². The Hall–Kier alpha value is -1.96. The number of rotatable bonds is 2. The van der Waals surface area contributed by atoms with Crippen molar-refractivity contribution in [2.75, 3.05) is 5.73 Å². The number of anilines is 1. The van der Waals surface area contributed by atoms with E-state index in [-0.39, 0.29) is 12.8 Å². The molecule has 1 saturated carbocycles. The number of hydrogen-bond acceptors (Lipinski definition) is 5. The van der Waals surface area contributed by atoms with Gasteiger partial charge >= 0.3 is 5.69 Å². The first-order valence-electron chi connectivity index (χ1n) is 5.41. The Morgan fingerprint density at radius 1 is 1.56 bits per heavy atom. The van der Waals surface area contributed by atoms with E-state index in [0.29, 0.717) is 0 Å². The molecule has 1 aliphatic carbocycles. The average Bonchev–Trinajstić information content (AvgIpc) is 2.65. The highest BCUT2D eigenvalue weighted by Crippen LogP contribution is 2.34. The van der Waals surface area contributed by atoms with Gasteiger partial charge in [0.15, 0.2) is 11.6 Å². The van der Waals surface area contributed by atoms with Gasteiger partial charge in [-0.1, -0.05) is 0 Å². The Kier molecular flexibility index (Phi) is 3.04. The van der Waals surface area contributed by atoms with Gasteiger partial charge in [0.2, 0.25) is 5.91 Å². The van der Waals surface area contributed by atoms with Crippen LogP contribution in [0.25, 0.3) is 0 Å². The van der Waals surface area contributed by atoms with Gasteiger partial charge in [0.1, 0.15) is 0 Å². The lowest BCUT2D eigenvalue weighted by Crippen LogP contribution is -2.29. The molecule has 1 heterocycles. The summed E-state index contributed by atoms with van der Waals surface area (Å²) in [5.74, 6) is -2.66. The number of carbonyl (C=O) groups excluding carboxylic acids is 1. The molecule has 2 rings (SSSR count). The smallest absolute Gasteiger partial charge is 0.349 e. The van der Waals surface area contributed by atoms with Gasteiger partial charge in [-0.05, 0) is 12.8 Å². The van der Waals surface area contributed by atoms with Crippen molar-refractivity contribution in [2.45, 2.75) is 25.0 Å². The minimum Gasteiger partial charge on any atom is -0.392 e. The normalized spacial score (nSPS) is 27.3. The molecule has 5 N–H and O–H groups in total. The van der Waals surface area contributed by atoms with E-state index >= 15 is 0 Å². The molecule has 0 saturated heterocycles. The standard InChI is InChI=1S/C10H13FN4O3/c11-6-3-15(10(18)14-8(6)12)4-1-5(9(13)17)7(16)2-4/h3-5,7,16H,1-2H2,(H2,13,17)(H2,12,14,18)/t4-,5-,7-/m1/s1. The lowest BCUT2D eigenvalue weighted by atomic mass is 10.1. The van der Waals surface area contributed by atoms with Gasteiger partial charge in [0.25, 0.3) is 0 Å². The maximum Gasteiger partial charge on any atom is 0.349 e. The molecule has 0 bridgehead atoms. The van der Waals surface area contributed by atoms with Crippen molar-refractivity contribution < 1.29 is 14.3 Å². The lowest BCUT2D eigenvalue weighted by molar-refractivity contribution is -0.124. The third kappa shape index (κ3) is 2.06. The molecule has 18 heavy (non-hydrogen) atoms. The molecule has 0 spiro atoms. The first kappa shape index (κ1) is 12.5. The van der Waals surface area contributed by atoms with Crippen molar-refractivity contribution in [3.8, 4) is 0 Å². The highest BCUT2D eigenvalue weighted by Gasteiger charge is 2.38. The van der Waals surface area contributed by atoms with Crippen LogP contribution in [0.3, 0.4) is 0 Å². The third-order valence-electron chi connectivity index (χ3n) is 3.20. The zero-order valence-corrected chi connectivity index (χ0v) is 9.41. The molecule has 1 amide bonds. The molecule has 0 unspecified atom stereocenters. The average molecular weight is 256 g/mol. The topological polar surface area (TPSA) is 124 Å².